The van der Waals surface area contributed by atoms with Crippen LogP contribution >= 0.6 is 0 Å². The maximum atomic E-state index is 12.8. The van der Waals surface area contributed by atoms with E-state index in [4.69, 9.17) is 4.74 Å². The number of carbonyl (C=O) groups excluding carboxylic acids is 1. The first-order valence-corrected chi connectivity index (χ1v) is 7.92. The summed E-state index contributed by atoms with van der Waals surface area (Å²) in [6.45, 7) is 5.62. The van der Waals surface area contributed by atoms with Crippen LogP contribution in [0.4, 0.5) is 18.9 Å². The molecule has 1 amide bonds. The van der Waals surface area contributed by atoms with Gasteiger partial charge in [0.2, 0.25) is 0 Å². The number of alkyl halides is 3. The SMILES string of the molecule is CCC(Oc1cc(C)cc(C)c1)C(=O)Nc1cccc(C(F)(F)F)c1. The van der Waals surface area contributed by atoms with E-state index >= 15 is 0 Å². The number of anilines is 1. The van der Waals surface area contributed by atoms with E-state index in [1.807, 2.05) is 32.0 Å². The van der Waals surface area contributed by atoms with Gasteiger partial charge in [0.15, 0.2) is 6.10 Å². The van der Waals surface area contributed by atoms with Crippen molar-refractivity contribution in [2.45, 2.75) is 39.5 Å². The Morgan fingerprint density at radius 1 is 1.12 bits per heavy atom. The molecule has 1 unspecified atom stereocenters. The van der Waals surface area contributed by atoms with Gasteiger partial charge in [-0.1, -0.05) is 19.1 Å². The van der Waals surface area contributed by atoms with Crippen LogP contribution in [0.2, 0.25) is 0 Å². The topological polar surface area (TPSA) is 38.3 Å². The Hall–Kier alpha value is -2.50. The van der Waals surface area contributed by atoms with Crippen LogP contribution in [0, 0.1) is 13.8 Å². The Morgan fingerprint density at radius 2 is 1.76 bits per heavy atom. The molecule has 1 N–H and O–H groups in total. The van der Waals surface area contributed by atoms with Crippen molar-refractivity contribution in [1.82, 2.24) is 0 Å². The summed E-state index contributed by atoms with van der Waals surface area (Å²) >= 11 is 0. The molecule has 0 aliphatic rings. The predicted octanol–water partition coefficient (Wildman–Crippen LogP) is 5.12. The van der Waals surface area contributed by atoms with Gasteiger partial charge in [0.25, 0.3) is 5.91 Å². The van der Waals surface area contributed by atoms with Gasteiger partial charge in [0, 0.05) is 5.69 Å². The summed E-state index contributed by atoms with van der Waals surface area (Å²) in [5.74, 6) is 0.0736. The third-order valence-electron chi connectivity index (χ3n) is 3.59. The molecule has 1 atom stereocenters. The summed E-state index contributed by atoms with van der Waals surface area (Å²) < 4.78 is 44.0. The van der Waals surface area contributed by atoms with Crippen LogP contribution < -0.4 is 10.1 Å². The van der Waals surface area contributed by atoms with Gasteiger partial charge in [-0.3, -0.25) is 4.79 Å². The molecular weight excluding hydrogens is 331 g/mol. The smallest absolute Gasteiger partial charge is 0.416 e. The molecule has 6 heteroatoms. The minimum Gasteiger partial charge on any atom is -0.481 e. The molecule has 25 heavy (non-hydrogen) atoms. The molecule has 0 saturated carbocycles. The van der Waals surface area contributed by atoms with Gasteiger partial charge in [0.05, 0.1) is 5.56 Å². The molecule has 0 heterocycles. The molecule has 0 bridgehead atoms. The second-order valence-corrected chi connectivity index (χ2v) is 5.91. The number of carbonyl (C=O) groups is 1. The normalized spacial score (nSPS) is 12.6. The highest BCUT2D eigenvalue weighted by molar-refractivity contribution is 5.94. The summed E-state index contributed by atoms with van der Waals surface area (Å²) in [4.78, 5) is 12.4. The number of hydrogen-bond donors (Lipinski definition) is 1. The van der Waals surface area contributed by atoms with Gasteiger partial charge in [0.1, 0.15) is 5.75 Å². The van der Waals surface area contributed by atoms with Crippen LogP contribution in [0.5, 0.6) is 5.75 Å². The van der Waals surface area contributed by atoms with Crippen LogP contribution in [0.1, 0.15) is 30.0 Å². The molecule has 2 aromatic rings. The van der Waals surface area contributed by atoms with Gasteiger partial charge >= 0.3 is 6.18 Å². The average molecular weight is 351 g/mol. The summed E-state index contributed by atoms with van der Waals surface area (Å²) in [6, 6.07) is 10.1. The number of hydrogen-bond acceptors (Lipinski definition) is 2. The van der Waals surface area contributed by atoms with Gasteiger partial charge in [-0.05, 0) is 61.7 Å². The Kier molecular flexibility index (Phi) is 5.72. The lowest BCUT2D eigenvalue weighted by molar-refractivity contribution is -0.137. The fourth-order valence-electron chi connectivity index (χ4n) is 2.48. The lowest BCUT2D eigenvalue weighted by Crippen LogP contribution is -2.32. The Labute approximate surface area is 144 Å². The third kappa shape index (κ3) is 5.24. The zero-order chi connectivity index (χ0) is 18.6. The highest BCUT2D eigenvalue weighted by atomic mass is 19.4. The number of aryl methyl sites for hydroxylation is 2. The summed E-state index contributed by atoms with van der Waals surface area (Å²) in [5, 5.41) is 2.49. The number of halogens is 3. The van der Waals surface area contributed by atoms with Crippen molar-refractivity contribution in [3.8, 4) is 5.75 Å². The molecule has 0 radical (unpaired) electrons. The first-order chi connectivity index (χ1) is 11.7. The number of benzene rings is 2. The molecule has 134 valence electrons. The largest absolute Gasteiger partial charge is 0.481 e. The van der Waals surface area contributed by atoms with E-state index < -0.39 is 23.8 Å². The highest BCUT2D eigenvalue weighted by Gasteiger charge is 2.30. The fourth-order valence-corrected chi connectivity index (χ4v) is 2.48. The maximum Gasteiger partial charge on any atom is 0.416 e. The molecule has 0 fully saturated rings. The standard InChI is InChI=1S/C19H20F3NO2/c1-4-17(25-16-9-12(2)8-13(3)10-16)18(24)23-15-7-5-6-14(11-15)19(20,21)22/h5-11,17H,4H2,1-3H3,(H,23,24). The second-order valence-electron chi connectivity index (χ2n) is 5.91. The van der Waals surface area contributed by atoms with E-state index in [0.29, 0.717) is 12.2 Å². The van der Waals surface area contributed by atoms with Crippen LogP contribution in [-0.4, -0.2) is 12.0 Å². The van der Waals surface area contributed by atoms with E-state index in [9.17, 15) is 18.0 Å². The maximum absolute atomic E-state index is 12.8. The van der Waals surface area contributed by atoms with Crippen LogP contribution in [0.25, 0.3) is 0 Å². The second kappa shape index (κ2) is 7.59. The number of nitrogens with one attached hydrogen (secondary N) is 1. The van der Waals surface area contributed by atoms with Gasteiger partial charge in [-0.2, -0.15) is 13.2 Å². The van der Waals surface area contributed by atoms with Gasteiger partial charge in [-0.25, -0.2) is 0 Å². The Morgan fingerprint density at radius 3 is 2.32 bits per heavy atom. The number of ether oxygens (including phenoxy) is 1. The summed E-state index contributed by atoms with van der Waals surface area (Å²) in [7, 11) is 0. The zero-order valence-corrected chi connectivity index (χ0v) is 14.3. The van der Waals surface area contributed by atoms with Crippen molar-refractivity contribution in [2.24, 2.45) is 0 Å². The molecular formula is C19H20F3NO2. The van der Waals surface area contributed by atoms with Crippen molar-refractivity contribution in [1.29, 1.82) is 0 Å². The lowest BCUT2D eigenvalue weighted by Gasteiger charge is -2.18. The van der Waals surface area contributed by atoms with E-state index in [1.54, 1.807) is 6.92 Å². The van der Waals surface area contributed by atoms with E-state index in [2.05, 4.69) is 5.32 Å². The molecule has 2 aromatic carbocycles. The van der Waals surface area contributed by atoms with Gasteiger partial charge in [-0.15, -0.1) is 0 Å². The number of rotatable bonds is 5. The Balaban J connectivity index is 2.12. The first-order valence-electron chi connectivity index (χ1n) is 7.92. The minimum atomic E-state index is -4.46. The van der Waals surface area contributed by atoms with Crippen molar-refractivity contribution < 1.29 is 22.7 Å². The quantitative estimate of drug-likeness (QED) is 0.812. The van der Waals surface area contributed by atoms with E-state index in [-0.39, 0.29) is 5.69 Å². The molecule has 3 nitrogen and oxygen atoms in total. The lowest BCUT2D eigenvalue weighted by atomic mass is 10.1. The van der Waals surface area contributed by atoms with E-state index in [0.717, 1.165) is 23.3 Å². The average Bonchev–Trinajstić information content (AvgIpc) is 2.51. The summed E-state index contributed by atoms with van der Waals surface area (Å²) in [5.41, 5.74) is 1.28. The minimum absolute atomic E-state index is 0.0855. The summed E-state index contributed by atoms with van der Waals surface area (Å²) in [6.07, 6.45) is -4.87. The first kappa shape index (κ1) is 18.8. The van der Waals surface area contributed by atoms with Crippen molar-refractivity contribution in [2.75, 3.05) is 5.32 Å². The molecule has 2 rings (SSSR count). The molecule has 0 aliphatic carbocycles. The Bertz CT molecular complexity index is 736. The monoisotopic (exact) mass is 351 g/mol. The highest BCUT2D eigenvalue weighted by Crippen LogP contribution is 2.30. The van der Waals surface area contributed by atoms with Crippen LogP contribution in [0.3, 0.4) is 0 Å². The predicted molar refractivity (Wildman–Crippen MR) is 90.7 cm³/mol. The zero-order valence-electron chi connectivity index (χ0n) is 14.3. The fraction of sp³-hybridized carbons (Fsp3) is 0.316. The van der Waals surface area contributed by atoms with Gasteiger partial charge < -0.3 is 10.1 Å². The van der Waals surface area contributed by atoms with Crippen molar-refractivity contribution in [3.63, 3.8) is 0 Å². The third-order valence-corrected chi connectivity index (χ3v) is 3.59. The van der Waals surface area contributed by atoms with Crippen molar-refractivity contribution in [3.05, 3.63) is 59.2 Å². The van der Waals surface area contributed by atoms with E-state index in [1.165, 1.54) is 12.1 Å². The molecule has 0 saturated heterocycles. The molecule has 0 aromatic heterocycles. The van der Waals surface area contributed by atoms with Crippen LogP contribution in [0.15, 0.2) is 42.5 Å². The molecule has 0 aliphatic heterocycles. The number of amides is 1. The van der Waals surface area contributed by atoms with Crippen LogP contribution in [-0.2, 0) is 11.0 Å². The van der Waals surface area contributed by atoms with Crippen molar-refractivity contribution >= 4 is 11.6 Å². The molecule has 0 spiro atoms.